The van der Waals surface area contributed by atoms with E-state index in [9.17, 15) is 23.1 Å². The Morgan fingerprint density at radius 1 is 1.25 bits per heavy atom. The number of alkyl halides is 3. The molecule has 0 radical (unpaired) electrons. The van der Waals surface area contributed by atoms with E-state index < -0.39 is 17.8 Å². The van der Waals surface area contributed by atoms with Gasteiger partial charge in [0.2, 0.25) is 0 Å². The van der Waals surface area contributed by atoms with Crippen molar-refractivity contribution in [2.75, 3.05) is 11.4 Å². The van der Waals surface area contributed by atoms with E-state index in [2.05, 4.69) is 9.97 Å². The van der Waals surface area contributed by atoms with E-state index in [0.717, 1.165) is 42.7 Å². The van der Waals surface area contributed by atoms with E-state index in [1.807, 2.05) is 11.8 Å². The summed E-state index contributed by atoms with van der Waals surface area (Å²) in [5, 5.41) is 10.8. The number of carboxylic acids is 1. The molecule has 0 bridgehead atoms. The average Bonchev–Trinajstić information content (AvgIpc) is 2.66. The molecule has 28 heavy (non-hydrogen) atoms. The highest BCUT2D eigenvalue weighted by molar-refractivity contribution is 7.98. The van der Waals surface area contributed by atoms with Crippen molar-refractivity contribution < 1.29 is 23.1 Å². The Hall–Kier alpha value is -2.29. The summed E-state index contributed by atoms with van der Waals surface area (Å²) in [6, 6.07) is 7.14. The first-order chi connectivity index (χ1) is 13.2. The van der Waals surface area contributed by atoms with E-state index >= 15 is 0 Å². The maximum atomic E-state index is 13.3. The Bertz CT molecular complexity index is 843. The van der Waals surface area contributed by atoms with Crippen LogP contribution in [0.25, 0.3) is 0 Å². The van der Waals surface area contributed by atoms with Gasteiger partial charge in [-0.05, 0) is 37.3 Å². The van der Waals surface area contributed by atoms with E-state index in [1.54, 1.807) is 12.1 Å². The van der Waals surface area contributed by atoms with Gasteiger partial charge in [-0.3, -0.25) is 0 Å². The number of aromatic nitrogens is 2. The molecule has 3 rings (SSSR count). The molecule has 1 aromatic carbocycles. The fraction of sp³-hybridized carbons (Fsp3) is 0.421. The Balaban J connectivity index is 1.82. The van der Waals surface area contributed by atoms with Gasteiger partial charge in [0.1, 0.15) is 5.82 Å². The van der Waals surface area contributed by atoms with Crippen LogP contribution in [0.3, 0.4) is 0 Å². The normalized spacial score (nSPS) is 17.6. The Morgan fingerprint density at radius 3 is 2.57 bits per heavy atom. The lowest BCUT2D eigenvalue weighted by Crippen LogP contribution is -2.38. The van der Waals surface area contributed by atoms with Crippen LogP contribution >= 0.6 is 11.8 Å². The van der Waals surface area contributed by atoms with Crippen LogP contribution in [-0.2, 0) is 11.9 Å². The van der Waals surface area contributed by atoms with Crippen LogP contribution in [-0.4, -0.2) is 28.5 Å². The number of halogens is 3. The molecule has 0 spiro atoms. The Labute approximate surface area is 165 Å². The lowest BCUT2D eigenvalue weighted by molar-refractivity contribution is -0.255. The van der Waals surface area contributed by atoms with Crippen LogP contribution in [0.4, 0.5) is 19.0 Å². The van der Waals surface area contributed by atoms with Crippen molar-refractivity contribution in [1.29, 1.82) is 0 Å². The van der Waals surface area contributed by atoms with E-state index in [0.29, 0.717) is 18.1 Å². The van der Waals surface area contributed by atoms with Gasteiger partial charge in [0.25, 0.3) is 0 Å². The maximum absolute atomic E-state index is 13.3. The number of hydrogen-bond acceptors (Lipinski definition) is 6. The van der Waals surface area contributed by atoms with Gasteiger partial charge in [0, 0.05) is 24.4 Å². The summed E-state index contributed by atoms with van der Waals surface area (Å²) in [6.45, 7) is 2.66. The second-order valence-electron chi connectivity index (χ2n) is 6.70. The third-order valence-electron chi connectivity index (χ3n) is 4.64. The third kappa shape index (κ3) is 4.95. The van der Waals surface area contributed by atoms with E-state index in [4.69, 9.17) is 0 Å². The van der Waals surface area contributed by atoms with Gasteiger partial charge < -0.3 is 14.8 Å². The summed E-state index contributed by atoms with van der Waals surface area (Å²) in [5.41, 5.74) is -0.153. The lowest BCUT2D eigenvalue weighted by atomic mass is 10.0. The van der Waals surface area contributed by atoms with Crippen molar-refractivity contribution in [3.63, 3.8) is 0 Å². The quantitative estimate of drug-likeness (QED) is 0.555. The molecule has 1 aliphatic rings. The zero-order chi connectivity index (χ0) is 20.3. The average molecular weight is 410 g/mol. The fourth-order valence-corrected chi connectivity index (χ4v) is 3.90. The fourth-order valence-electron chi connectivity index (χ4n) is 3.09. The minimum absolute atomic E-state index is 0.0467. The molecule has 2 aromatic rings. The molecule has 150 valence electrons. The van der Waals surface area contributed by atoms with Crippen LogP contribution in [0.1, 0.15) is 47.8 Å². The molecule has 1 aliphatic heterocycles. The molecule has 5 nitrogen and oxygen atoms in total. The van der Waals surface area contributed by atoms with E-state index in [-0.39, 0.29) is 16.8 Å². The highest BCUT2D eigenvalue weighted by Gasteiger charge is 2.35. The van der Waals surface area contributed by atoms with Gasteiger partial charge in [0.05, 0.1) is 5.97 Å². The number of carbonyl (C=O) groups excluding carboxylic acids is 1. The molecule has 0 unspecified atom stereocenters. The molecule has 1 aromatic heterocycles. The van der Waals surface area contributed by atoms with E-state index in [1.165, 1.54) is 12.1 Å². The van der Waals surface area contributed by atoms with Crippen molar-refractivity contribution in [3.05, 3.63) is 47.2 Å². The molecule has 0 saturated carbocycles. The molecule has 0 N–H and O–H groups in total. The van der Waals surface area contributed by atoms with Gasteiger partial charge in [-0.2, -0.15) is 13.2 Å². The van der Waals surface area contributed by atoms with Crippen molar-refractivity contribution in [3.8, 4) is 0 Å². The zero-order valence-corrected chi connectivity index (χ0v) is 16.0. The van der Waals surface area contributed by atoms with Gasteiger partial charge in [-0.15, -0.1) is 0 Å². The van der Waals surface area contributed by atoms with Gasteiger partial charge in [-0.25, -0.2) is 9.97 Å². The molecular weight excluding hydrogens is 391 g/mol. The minimum Gasteiger partial charge on any atom is -0.545 e. The zero-order valence-electron chi connectivity index (χ0n) is 15.2. The number of hydrogen-bond donors (Lipinski definition) is 0. The summed E-state index contributed by atoms with van der Waals surface area (Å²) in [6.07, 6.45) is -1.66. The molecule has 0 aliphatic carbocycles. The molecule has 1 saturated heterocycles. The Morgan fingerprint density at radius 2 is 1.96 bits per heavy atom. The van der Waals surface area contributed by atoms with Crippen molar-refractivity contribution in [1.82, 2.24) is 9.97 Å². The van der Waals surface area contributed by atoms with Gasteiger partial charge in [-0.1, -0.05) is 36.0 Å². The summed E-state index contributed by atoms with van der Waals surface area (Å²) < 4.78 is 39.9. The highest BCUT2D eigenvalue weighted by Crippen LogP contribution is 2.33. The van der Waals surface area contributed by atoms with Crippen molar-refractivity contribution in [2.24, 2.45) is 0 Å². The molecule has 1 atom stereocenters. The lowest BCUT2D eigenvalue weighted by Gasteiger charge is -2.34. The summed E-state index contributed by atoms with van der Waals surface area (Å²) in [7, 11) is 0. The molecule has 2 heterocycles. The number of rotatable bonds is 5. The number of carboxylic acid groups (broad SMARTS) is 1. The minimum atomic E-state index is -4.55. The van der Waals surface area contributed by atoms with Crippen molar-refractivity contribution in [2.45, 2.75) is 49.3 Å². The number of aromatic carboxylic acids is 1. The van der Waals surface area contributed by atoms with Crippen LogP contribution in [0, 0.1) is 0 Å². The Kier molecular flexibility index (Phi) is 6.12. The molecule has 0 amide bonds. The third-order valence-corrected chi connectivity index (χ3v) is 5.56. The molecule has 9 heteroatoms. The standard InChI is InChI=1S/C19H20F3N3O2S/c1-12-4-2-3-9-25(12)16-10-15(19(20,21)22)23-18(24-16)28-11-13-5-7-14(8-6-13)17(26)27/h5-8,10,12H,2-4,9,11H2,1H3,(H,26,27)/p-1/t12-/m1/s1. The number of anilines is 1. The van der Waals surface area contributed by atoms with Crippen LogP contribution in [0.15, 0.2) is 35.5 Å². The number of benzene rings is 1. The number of nitrogens with zero attached hydrogens (tertiary/aromatic N) is 3. The second-order valence-corrected chi connectivity index (χ2v) is 7.65. The maximum Gasteiger partial charge on any atom is 0.433 e. The second kappa shape index (κ2) is 8.38. The first-order valence-electron chi connectivity index (χ1n) is 8.90. The first kappa shape index (κ1) is 20.4. The molecular formula is C19H19F3N3O2S-. The number of thioether (sulfide) groups is 1. The van der Waals surface area contributed by atoms with Gasteiger partial charge in [0.15, 0.2) is 10.9 Å². The van der Waals surface area contributed by atoms with Crippen molar-refractivity contribution >= 4 is 23.5 Å². The van der Waals surface area contributed by atoms with Crippen LogP contribution in [0.5, 0.6) is 0 Å². The topological polar surface area (TPSA) is 69.2 Å². The predicted molar refractivity (Wildman–Crippen MR) is 98.0 cm³/mol. The molecule has 1 fully saturated rings. The smallest absolute Gasteiger partial charge is 0.433 e. The summed E-state index contributed by atoms with van der Waals surface area (Å²) in [5.74, 6) is -0.658. The number of piperidine rings is 1. The summed E-state index contributed by atoms with van der Waals surface area (Å²) in [4.78, 5) is 20.7. The van der Waals surface area contributed by atoms with Crippen LogP contribution in [0.2, 0.25) is 0 Å². The first-order valence-corrected chi connectivity index (χ1v) is 9.88. The SMILES string of the molecule is C[C@@H]1CCCCN1c1cc(C(F)(F)F)nc(SCc2ccc(C(=O)[O-])cc2)n1. The predicted octanol–water partition coefficient (Wildman–Crippen LogP) is 3.53. The van der Waals surface area contributed by atoms with Gasteiger partial charge >= 0.3 is 6.18 Å². The largest absolute Gasteiger partial charge is 0.545 e. The number of carbonyl (C=O) groups is 1. The summed E-state index contributed by atoms with van der Waals surface area (Å²) >= 11 is 1.09. The van der Waals surface area contributed by atoms with Crippen LogP contribution < -0.4 is 10.0 Å². The monoisotopic (exact) mass is 410 g/mol. The highest BCUT2D eigenvalue weighted by atomic mass is 32.2.